The Hall–Kier alpha value is -8.43. The monoisotopic (exact) mass is 1370 g/mol. The minimum Gasteiger partial charge on any atom is -0.360 e. The number of anilines is 2. The molecular weight excluding hydrogens is 1310 g/mol. The number of rotatable bonds is 14. The van der Waals surface area contributed by atoms with Crippen molar-refractivity contribution in [2.45, 2.75) is 87.0 Å². The maximum atomic E-state index is 12.8. The van der Waals surface area contributed by atoms with Gasteiger partial charge in [0.15, 0.2) is 17.9 Å². The first-order valence-electron chi connectivity index (χ1n) is 25.3. The number of Topliss-reactive ketones (excluding diaryl/α,β-unsaturated/α-hetero) is 1. The summed E-state index contributed by atoms with van der Waals surface area (Å²) in [4.78, 5) is 63.2. The molecule has 0 aliphatic heterocycles. The topological polar surface area (TPSA) is 334 Å². The van der Waals surface area contributed by atoms with Crippen molar-refractivity contribution in [2.24, 2.45) is 5.11 Å². The molecule has 0 saturated carbocycles. The normalized spacial score (nSPS) is 10.6. The molecule has 8 rings (SSSR count). The zero-order valence-electron chi connectivity index (χ0n) is 48.0. The molecule has 28 heteroatoms. The fraction of sp³-hybridized carbons (Fsp3) is 0.263. The molecule has 0 radical (unpaired) electrons. The van der Waals surface area contributed by atoms with Crippen molar-refractivity contribution >= 4 is 102 Å². The molecule has 442 valence electrons. The molecule has 2 aromatic carbocycles. The minimum absolute atomic E-state index is 0.101. The highest BCUT2D eigenvalue weighted by atomic mass is 79.9. The van der Waals surface area contributed by atoms with Crippen LogP contribution >= 0.6 is 55.4 Å². The molecule has 2 amide bonds. The first-order chi connectivity index (χ1) is 40.2. The molecule has 0 aliphatic carbocycles. The molecule has 85 heavy (non-hydrogen) atoms. The average Bonchev–Trinajstić information content (AvgIpc) is 4.02. The molecule has 0 atom stereocenters. The Morgan fingerprint density at radius 2 is 1.27 bits per heavy atom. The van der Waals surface area contributed by atoms with Crippen LogP contribution in [0.3, 0.4) is 0 Å². The second-order valence-corrected chi connectivity index (χ2v) is 24.3. The number of aldehydes is 1. The Labute approximate surface area is 515 Å². The van der Waals surface area contributed by atoms with Gasteiger partial charge in [0.2, 0.25) is 5.78 Å². The highest BCUT2D eigenvalue weighted by Crippen LogP contribution is 2.49. The Bertz CT molecular complexity index is 3820. The molecule has 0 bridgehead atoms. The van der Waals surface area contributed by atoms with Crippen LogP contribution in [0, 0.1) is 26.2 Å². The fourth-order valence-corrected chi connectivity index (χ4v) is 9.13. The quantitative estimate of drug-likeness (QED) is 0.0194. The highest BCUT2D eigenvalue weighted by molar-refractivity contribution is 9.11. The summed E-state index contributed by atoms with van der Waals surface area (Å²) in [5, 5.41) is 25.3. The second kappa shape index (κ2) is 32.6. The Morgan fingerprint density at radius 3 is 1.71 bits per heavy atom. The van der Waals surface area contributed by atoms with Gasteiger partial charge < -0.3 is 34.3 Å². The molecular formula is C57H59Br3N15O9P. The van der Waals surface area contributed by atoms with Crippen molar-refractivity contribution < 1.29 is 46.6 Å². The first-order valence-corrected chi connectivity index (χ1v) is 29.2. The van der Waals surface area contributed by atoms with Crippen molar-refractivity contribution in [2.75, 3.05) is 23.8 Å². The number of aryl methyl sites for hydroxylation is 2. The van der Waals surface area contributed by atoms with Crippen LogP contribution < -0.4 is 10.6 Å². The third kappa shape index (κ3) is 21.6. The standard InChI is InChI=1S/C22H21BrN6O2.C15H17N5O2.C7H4BrN.C7H13N2O4P.C6H4BrNO/c1-13-5-6-14(21(30)25-20-9-19(31-27-20)22(2,3)4)8-18(13)29-12-17(26-28-29)15-7-16(23)11-24-10-15;1-9-5-6-10(7-11(9)18-20-16)14(21)17-13-8-12(22-19-13)15(2,3)4;1-2-6-3-7(8)5-9-4-6;1-4-12-14(11,13-5-2)7(9-8)6(3)10;7-6-1-5(4-9)2-8-3-6/h5-12H,1-4H3,(H,25,27,30);5-8H,1-4H3,(H,17,19,21);1,3-5H;4-5H2,1-3H3;1-4H. The smallest absolute Gasteiger partial charge is 0.360 e. The van der Waals surface area contributed by atoms with Gasteiger partial charge in [-0.2, -0.15) is 4.79 Å². The van der Waals surface area contributed by atoms with Crippen LogP contribution in [0.4, 0.5) is 17.3 Å². The summed E-state index contributed by atoms with van der Waals surface area (Å²) < 4.78 is 36.2. The number of aromatic nitrogens is 8. The molecule has 0 saturated heterocycles. The van der Waals surface area contributed by atoms with E-state index in [1.807, 2.05) is 66.7 Å². The molecule has 0 unspecified atom stereocenters. The zero-order valence-corrected chi connectivity index (χ0v) is 53.7. The van der Waals surface area contributed by atoms with Crippen molar-refractivity contribution in [3.63, 3.8) is 0 Å². The number of hydrogen-bond acceptors (Lipinski definition) is 17. The van der Waals surface area contributed by atoms with Gasteiger partial charge in [0.1, 0.15) is 17.2 Å². The third-order valence-electron chi connectivity index (χ3n) is 10.8. The second-order valence-electron chi connectivity index (χ2n) is 19.6. The molecule has 0 spiro atoms. The number of azide groups is 1. The molecule has 6 aromatic heterocycles. The first kappa shape index (κ1) is 69.1. The molecule has 8 aromatic rings. The Morgan fingerprint density at radius 1 is 0.753 bits per heavy atom. The van der Waals surface area contributed by atoms with Crippen molar-refractivity contribution in [1.82, 2.24) is 40.3 Å². The summed E-state index contributed by atoms with van der Waals surface area (Å²) >= 11 is 9.84. The minimum atomic E-state index is -3.74. The Balaban J connectivity index is 0.000000249. The van der Waals surface area contributed by atoms with Crippen molar-refractivity contribution in [3.8, 4) is 29.3 Å². The summed E-state index contributed by atoms with van der Waals surface area (Å²) in [6, 6.07) is 19.2. The van der Waals surface area contributed by atoms with E-state index in [1.165, 1.54) is 12.3 Å². The van der Waals surface area contributed by atoms with Gasteiger partial charge in [0.05, 0.1) is 25.1 Å². The predicted molar refractivity (Wildman–Crippen MR) is 331 cm³/mol. The highest BCUT2D eigenvalue weighted by Gasteiger charge is 2.43. The van der Waals surface area contributed by atoms with Gasteiger partial charge in [0.25, 0.3) is 11.8 Å². The van der Waals surface area contributed by atoms with Gasteiger partial charge in [-0.3, -0.25) is 34.1 Å². The Kier molecular flexibility index (Phi) is 26.5. The molecule has 0 fully saturated rings. The van der Waals surface area contributed by atoms with Gasteiger partial charge in [-0.05, 0) is 135 Å². The van der Waals surface area contributed by atoms with Crippen LogP contribution in [0.1, 0.15) is 122 Å². The summed E-state index contributed by atoms with van der Waals surface area (Å²) in [5.74, 6) is 3.31. The maximum Gasteiger partial charge on any atom is 0.446 e. The van der Waals surface area contributed by atoms with Gasteiger partial charge in [-0.25, -0.2) is 9.25 Å². The molecule has 0 aliphatic rings. The molecule has 24 nitrogen and oxygen atoms in total. The van der Waals surface area contributed by atoms with Gasteiger partial charge in [-0.15, -0.1) is 11.5 Å². The lowest BCUT2D eigenvalue weighted by molar-refractivity contribution is -0.114. The van der Waals surface area contributed by atoms with Gasteiger partial charge in [-0.1, -0.05) is 80.2 Å². The zero-order chi connectivity index (χ0) is 63.1. The number of pyridine rings is 3. The van der Waals surface area contributed by atoms with E-state index in [1.54, 1.807) is 105 Å². The molecule has 2 N–H and O–H groups in total. The number of carbonyl (C=O) groups excluding carboxylic acids is 4. The van der Waals surface area contributed by atoms with Crippen LogP contribution in [-0.4, -0.2) is 87.6 Å². The number of ketones is 1. The van der Waals surface area contributed by atoms with E-state index in [2.05, 4.69) is 115 Å². The maximum absolute atomic E-state index is 12.8. The SMILES string of the molecule is C#Cc1cncc(Br)c1.CCOP(=O)(OCC)C(=[N+]=[N-])C(C)=O.Cc1ccc(C(=O)Nc2cc(C(C)(C)C)on2)cc1-n1cc(-c2cncc(Br)c2)nn1.Cc1ccc(C(=O)Nc2cc(C(C)(C)C)on2)cc1N=[N+]=[N-].O=Cc1cncc(Br)c1. The number of carbonyl (C=O) groups is 4. The van der Waals surface area contributed by atoms with Crippen LogP contribution in [0.15, 0.2) is 138 Å². The number of terminal acetylenes is 1. The van der Waals surface area contributed by atoms with E-state index in [-0.39, 0.29) is 35.9 Å². The lowest BCUT2D eigenvalue weighted by Crippen LogP contribution is -2.15. The summed E-state index contributed by atoms with van der Waals surface area (Å²) in [7, 11) is -3.74. The van der Waals surface area contributed by atoms with E-state index in [9.17, 15) is 23.7 Å². The van der Waals surface area contributed by atoms with Crippen LogP contribution in [0.5, 0.6) is 0 Å². The number of nitrogens with one attached hydrogen (secondary N) is 2. The van der Waals surface area contributed by atoms with E-state index in [0.29, 0.717) is 51.2 Å². The van der Waals surface area contributed by atoms with Gasteiger partial charge >= 0.3 is 13.0 Å². The van der Waals surface area contributed by atoms with Crippen molar-refractivity contribution in [1.29, 1.82) is 0 Å². The van der Waals surface area contributed by atoms with Crippen LogP contribution in [0.2, 0.25) is 0 Å². The van der Waals surface area contributed by atoms with E-state index in [0.717, 1.165) is 54.6 Å². The largest absolute Gasteiger partial charge is 0.446 e. The number of halogens is 3. The average molecular weight is 1370 g/mol. The fourth-order valence-electron chi connectivity index (χ4n) is 6.52. The molecule has 6 heterocycles. The van der Waals surface area contributed by atoms with E-state index in [4.69, 9.17) is 35.6 Å². The lowest BCUT2D eigenvalue weighted by Gasteiger charge is -2.12. The lowest BCUT2D eigenvalue weighted by atomic mass is 9.93. The van der Waals surface area contributed by atoms with Crippen molar-refractivity contribution in [3.05, 3.63) is 184 Å². The summed E-state index contributed by atoms with van der Waals surface area (Å²) in [6.45, 7) is 20.3. The number of amides is 2. The summed E-state index contributed by atoms with van der Waals surface area (Å²) in [5.41, 5.74) is 22.8. The van der Waals surface area contributed by atoms with Crippen LogP contribution in [0.25, 0.3) is 32.9 Å². The van der Waals surface area contributed by atoms with E-state index < -0.39 is 18.8 Å². The third-order valence-corrected chi connectivity index (χ3v) is 14.2. The van der Waals surface area contributed by atoms with Crippen LogP contribution in [-0.2, 0) is 29.2 Å². The van der Waals surface area contributed by atoms with E-state index >= 15 is 0 Å². The number of nitrogens with zero attached hydrogens (tertiary/aromatic N) is 13. The summed E-state index contributed by atoms with van der Waals surface area (Å²) in [6.07, 6.45) is 17.6. The number of hydrogen-bond donors (Lipinski definition) is 2. The predicted octanol–water partition coefficient (Wildman–Crippen LogP) is 14.4. The number of benzene rings is 2. The van der Waals surface area contributed by atoms with Gasteiger partial charge in [0, 0.05) is 119 Å².